The van der Waals surface area contributed by atoms with Crippen LogP contribution in [0.3, 0.4) is 0 Å². The molecule has 0 aromatic rings. The minimum absolute atomic E-state index is 0.0283. The fraction of sp³-hybridized carbons (Fsp3) is 0.940. The number of amides is 1. The largest absolute Gasteiger partial charge is 0.466 e. The SMILES string of the molecule is CCCCCC(CCCCC)CCOC(=O)CCCCCCCC(CCCCCCCC(=O)OCCC(CCCCC)CCCCC)NC(=O)CNC1CCCC1. The Hall–Kier alpha value is -1.63. The fourth-order valence-electron chi connectivity index (χ4n) is 8.74. The highest BCUT2D eigenvalue weighted by atomic mass is 16.5. The van der Waals surface area contributed by atoms with Crippen LogP contribution in [0.5, 0.6) is 0 Å². The molecule has 0 aromatic heterocycles. The zero-order valence-corrected chi connectivity index (χ0v) is 38.4. The molecule has 0 aliphatic heterocycles. The summed E-state index contributed by atoms with van der Waals surface area (Å²) in [7, 11) is 0. The van der Waals surface area contributed by atoms with E-state index in [4.69, 9.17) is 9.47 Å². The van der Waals surface area contributed by atoms with E-state index < -0.39 is 0 Å². The van der Waals surface area contributed by atoms with Crippen molar-refractivity contribution in [2.24, 2.45) is 11.8 Å². The van der Waals surface area contributed by atoms with E-state index >= 15 is 0 Å². The monoisotopic (exact) mass is 805 g/mol. The van der Waals surface area contributed by atoms with Gasteiger partial charge in [0.2, 0.25) is 5.91 Å². The molecule has 1 fully saturated rings. The first kappa shape index (κ1) is 53.4. The van der Waals surface area contributed by atoms with Crippen molar-refractivity contribution in [1.82, 2.24) is 10.6 Å². The lowest BCUT2D eigenvalue weighted by atomic mass is 9.92. The number of ether oxygens (including phenoxy) is 2. The van der Waals surface area contributed by atoms with Crippen molar-refractivity contribution in [3.05, 3.63) is 0 Å². The molecule has 0 atom stereocenters. The summed E-state index contributed by atoms with van der Waals surface area (Å²) in [5.74, 6) is 1.47. The standard InChI is InChI=1S/C50H96N2O5/c1-5-9-19-29-44(30-20-10-6-2)39-41-56-49(54)37-25-17-13-15-23-35-47(52-48(53)43-51-46-33-27-28-34-46)36-24-16-14-18-26-38-50(55)57-42-40-45(31-21-11-7-3)32-22-12-8-4/h44-47,51H,5-43H2,1-4H3,(H,52,53). The molecule has 0 saturated heterocycles. The molecule has 57 heavy (non-hydrogen) atoms. The quantitative estimate of drug-likeness (QED) is 0.0471. The van der Waals surface area contributed by atoms with Crippen LogP contribution in [0.4, 0.5) is 0 Å². The number of esters is 2. The van der Waals surface area contributed by atoms with Crippen LogP contribution in [0.2, 0.25) is 0 Å². The summed E-state index contributed by atoms with van der Waals surface area (Å²) in [5, 5.41) is 6.84. The summed E-state index contributed by atoms with van der Waals surface area (Å²) in [4.78, 5) is 37.7. The van der Waals surface area contributed by atoms with Gasteiger partial charge in [-0.1, -0.05) is 195 Å². The lowest BCUT2D eigenvalue weighted by molar-refractivity contribution is -0.145. The molecule has 0 unspecified atom stereocenters. The number of carbonyl (C=O) groups excluding carboxylic acids is 3. The van der Waals surface area contributed by atoms with Gasteiger partial charge in [-0.25, -0.2) is 0 Å². The second kappa shape index (κ2) is 39.8. The summed E-state index contributed by atoms with van der Waals surface area (Å²) < 4.78 is 11.3. The Bertz CT molecular complexity index is 846. The fourth-order valence-corrected chi connectivity index (χ4v) is 8.74. The van der Waals surface area contributed by atoms with Crippen LogP contribution in [0.25, 0.3) is 0 Å². The zero-order valence-electron chi connectivity index (χ0n) is 38.4. The first-order chi connectivity index (χ1) is 27.9. The Labute approximate surface area is 353 Å². The molecule has 7 heteroatoms. The number of rotatable bonds is 42. The zero-order chi connectivity index (χ0) is 41.4. The first-order valence-electron chi connectivity index (χ1n) is 25.3. The third kappa shape index (κ3) is 33.9. The third-order valence-corrected chi connectivity index (χ3v) is 12.6. The predicted octanol–water partition coefficient (Wildman–Crippen LogP) is 13.9. The molecule has 1 aliphatic carbocycles. The van der Waals surface area contributed by atoms with E-state index in [2.05, 4.69) is 38.3 Å². The van der Waals surface area contributed by atoms with Gasteiger partial charge in [0.05, 0.1) is 19.8 Å². The summed E-state index contributed by atoms with van der Waals surface area (Å²) in [6.07, 6.45) is 41.2. The van der Waals surface area contributed by atoms with Crippen LogP contribution in [0.15, 0.2) is 0 Å². The van der Waals surface area contributed by atoms with Crippen molar-refractivity contribution in [2.45, 2.75) is 271 Å². The van der Waals surface area contributed by atoms with Gasteiger partial charge in [0.1, 0.15) is 0 Å². The van der Waals surface area contributed by atoms with Crippen molar-refractivity contribution in [1.29, 1.82) is 0 Å². The van der Waals surface area contributed by atoms with Gasteiger partial charge in [-0.15, -0.1) is 0 Å². The van der Waals surface area contributed by atoms with Crippen molar-refractivity contribution in [2.75, 3.05) is 19.8 Å². The molecule has 0 radical (unpaired) electrons. The molecular formula is C50H96N2O5. The highest BCUT2D eigenvalue weighted by Gasteiger charge is 2.18. The summed E-state index contributed by atoms with van der Waals surface area (Å²) >= 11 is 0. The molecule has 2 N–H and O–H groups in total. The van der Waals surface area contributed by atoms with E-state index in [9.17, 15) is 14.4 Å². The van der Waals surface area contributed by atoms with Gasteiger partial charge in [0.15, 0.2) is 0 Å². The van der Waals surface area contributed by atoms with E-state index in [1.54, 1.807) is 0 Å². The molecule has 0 aromatic carbocycles. The molecular weight excluding hydrogens is 709 g/mol. The van der Waals surface area contributed by atoms with Gasteiger partial charge in [-0.2, -0.15) is 0 Å². The van der Waals surface area contributed by atoms with Crippen LogP contribution in [-0.2, 0) is 23.9 Å². The molecule has 336 valence electrons. The van der Waals surface area contributed by atoms with E-state index in [-0.39, 0.29) is 23.9 Å². The average molecular weight is 805 g/mol. The van der Waals surface area contributed by atoms with Crippen LogP contribution in [-0.4, -0.2) is 49.7 Å². The number of carbonyl (C=O) groups is 3. The van der Waals surface area contributed by atoms with Crippen molar-refractivity contribution < 1.29 is 23.9 Å². The van der Waals surface area contributed by atoms with Crippen LogP contribution < -0.4 is 10.6 Å². The third-order valence-electron chi connectivity index (χ3n) is 12.6. The second-order valence-electron chi connectivity index (χ2n) is 18.0. The summed E-state index contributed by atoms with van der Waals surface area (Å²) in [6.45, 7) is 10.6. The van der Waals surface area contributed by atoms with Gasteiger partial charge >= 0.3 is 11.9 Å². The maximum atomic E-state index is 12.9. The van der Waals surface area contributed by atoms with Crippen LogP contribution >= 0.6 is 0 Å². The Morgan fingerprint density at radius 1 is 0.474 bits per heavy atom. The minimum atomic E-state index is -0.0283. The van der Waals surface area contributed by atoms with Gasteiger partial charge in [0, 0.05) is 24.9 Å². The van der Waals surface area contributed by atoms with E-state index in [0.29, 0.717) is 50.5 Å². The van der Waals surface area contributed by atoms with Gasteiger partial charge in [-0.3, -0.25) is 14.4 Å². The first-order valence-corrected chi connectivity index (χ1v) is 25.3. The Balaban J connectivity index is 2.28. The number of unbranched alkanes of at least 4 members (excludes halogenated alkanes) is 16. The molecule has 1 rings (SSSR count). The van der Waals surface area contributed by atoms with E-state index in [1.165, 1.54) is 128 Å². The van der Waals surface area contributed by atoms with Gasteiger partial charge < -0.3 is 20.1 Å². The molecule has 0 heterocycles. The molecule has 7 nitrogen and oxygen atoms in total. The lowest BCUT2D eigenvalue weighted by Crippen LogP contribution is -2.42. The molecule has 0 bridgehead atoms. The summed E-state index contributed by atoms with van der Waals surface area (Å²) in [5.41, 5.74) is 0. The number of nitrogens with one attached hydrogen (secondary N) is 2. The average Bonchev–Trinajstić information content (AvgIpc) is 3.73. The van der Waals surface area contributed by atoms with E-state index in [1.807, 2.05) is 0 Å². The van der Waals surface area contributed by atoms with Gasteiger partial charge in [-0.05, 0) is 63.2 Å². The Kier molecular flexibility index (Phi) is 37.3. The molecule has 1 amide bonds. The van der Waals surface area contributed by atoms with Gasteiger partial charge in [0.25, 0.3) is 0 Å². The highest BCUT2D eigenvalue weighted by molar-refractivity contribution is 5.78. The Morgan fingerprint density at radius 2 is 0.842 bits per heavy atom. The smallest absolute Gasteiger partial charge is 0.305 e. The van der Waals surface area contributed by atoms with Crippen molar-refractivity contribution >= 4 is 17.8 Å². The molecule has 1 saturated carbocycles. The van der Waals surface area contributed by atoms with Crippen molar-refractivity contribution in [3.63, 3.8) is 0 Å². The van der Waals surface area contributed by atoms with E-state index in [0.717, 1.165) is 89.9 Å². The van der Waals surface area contributed by atoms with Crippen molar-refractivity contribution in [3.8, 4) is 0 Å². The summed E-state index contributed by atoms with van der Waals surface area (Å²) in [6, 6.07) is 0.711. The highest BCUT2D eigenvalue weighted by Crippen LogP contribution is 2.23. The minimum Gasteiger partial charge on any atom is -0.466 e. The topological polar surface area (TPSA) is 93.7 Å². The number of hydrogen-bond acceptors (Lipinski definition) is 6. The second-order valence-corrected chi connectivity index (χ2v) is 18.0. The van der Waals surface area contributed by atoms with Crippen LogP contribution in [0.1, 0.15) is 259 Å². The molecule has 0 spiro atoms. The maximum absolute atomic E-state index is 12.9. The number of hydrogen-bond donors (Lipinski definition) is 2. The normalized spacial score (nSPS) is 13.3. The van der Waals surface area contributed by atoms with Crippen LogP contribution in [0, 0.1) is 11.8 Å². The predicted molar refractivity (Wildman–Crippen MR) is 242 cm³/mol. The Morgan fingerprint density at radius 3 is 1.25 bits per heavy atom. The molecule has 1 aliphatic rings. The maximum Gasteiger partial charge on any atom is 0.305 e. The lowest BCUT2D eigenvalue weighted by Gasteiger charge is -2.20.